The number of hydrogen-bond donors (Lipinski definition) is 1. The van der Waals surface area contributed by atoms with E-state index in [1.54, 1.807) is 17.2 Å². The van der Waals surface area contributed by atoms with E-state index >= 15 is 0 Å². The molecule has 30 heavy (non-hydrogen) atoms. The lowest BCUT2D eigenvalue weighted by Crippen LogP contribution is -2.31. The lowest BCUT2D eigenvalue weighted by atomic mass is 9.95. The highest BCUT2D eigenvalue weighted by Gasteiger charge is 2.21. The molecule has 1 aromatic carbocycles. The van der Waals surface area contributed by atoms with Crippen LogP contribution in [-0.2, 0) is 6.54 Å². The zero-order chi connectivity index (χ0) is 21.1. The Kier molecular flexibility index (Phi) is 5.56. The fraction of sp³-hybridized carbons (Fsp3) is 0.318. The van der Waals surface area contributed by atoms with Gasteiger partial charge < -0.3 is 10.2 Å². The molecule has 1 aliphatic rings. The van der Waals surface area contributed by atoms with E-state index in [0.29, 0.717) is 18.1 Å². The summed E-state index contributed by atoms with van der Waals surface area (Å²) in [6.45, 7) is 8.38. The average molecular weight is 403 g/mol. The van der Waals surface area contributed by atoms with Crippen molar-refractivity contribution in [3.8, 4) is 0 Å². The van der Waals surface area contributed by atoms with Gasteiger partial charge in [-0.25, -0.2) is 0 Å². The van der Waals surface area contributed by atoms with Crippen molar-refractivity contribution in [2.45, 2.75) is 33.7 Å². The quantitative estimate of drug-likeness (QED) is 0.703. The predicted molar refractivity (Wildman–Crippen MR) is 116 cm³/mol. The van der Waals surface area contributed by atoms with Gasteiger partial charge in [0, 0.05) is 31.2 Å². The zero-order valence-corrected chi connectivity index (χ0v) is 17.5. The predicted octanol–water partition coefficient (Wildman–Crippen LogP) is 3.33. The molecule has 154 valence electrons. The smallest absolute Gasteiger partial charge is 0.266 e. The molecule has 0 fully saturated rings. The van der Waals surface area contributed by atoms with E-state index in [9.17, 15) is 4.79 Å². The molecule has 1 aliphatic heterocycles. The Morgan fingerprint density at radius 3 is 2.67 bits per heavy atom. The standard InChI is InChI=1S/C22H25N7O/c1-4-29-26-22(25-27-29)28-12-10-16(3)20(14-28)17-5-7-18(8-6-17)24-21(30)19-13-23-11-9-15(19)2/h5-9,11,13H,4,10,12,14H2,1-3H3,(H,24,30). The minimum Gasteiger partial charge on any atom is -0.334 e. The summed E-state index contributed by atoms with van der Waals surface area (Å²) < 4.78 is 0. The number of carbonyl (C=O) groups is 1. The summed E-state index contributed by atoms with van der Waals surface area (Å²) >= 11 is 0. The maximum absolute atomic E-state index is 12.5. The van der Waals surface area contributed by atoms with E-state index < -0.39 is 0 Å². The van der Waals surface area contributed by atoms with Crippen LogP contribution in [0.4, 0.5) is 11.6 Å². The summed E-state index contributed by atoms with van der Waals surface area (Å²) in [7, 11) is 0. The molecule has 1 amide bonds. The molecular weight excluding hydrogens is 378 g/mol. The van der Waals surface area contributed by atoms with Crippen molar-refractivity contribution in [3.63, 3.8) is 0 Å². The van der Waals surface area contributed by atoms with Gasteiger partial charge in [-0.05, 0) is 67.3 Å². The van der Waals surface area contributed by atoms with E-state index in [1.807, 2.05) is 44.2 Å². The Morgan fingerprint density at radius 2 is 1.97 bits per heavy atom. The number of benzene rings is 1. The van der Waals surface area contributed by atoms with Gasteiger partial charge in [0.25, 0.3) is 11.9 Å². The van der Waals surface area contributed by atoms with Crippen molar-refractivity contribution in [3.05, 3.63) is 65.0 Å². The molecular formula is C22H25N7O. The lowest BCUT2D eigenvalue weighted by Gasteiger charge is -2.29. The van der Waals surface area contributed by atoms with E-state index in [0.717, 1.165) is 36.3 Å². The molecule has 0 unspecified atom stereocenters. The molecule has 0 radical (unpaired) electrons. The van der Waals surface area contributed by atoms with Gasteiger partial charge >= 0.3 is 0 Å². The number of tetrazole rings is 1. The molecule has 0 bridgehead atoms. The van der Waals surface area contributed by atoms with Crippen molar-refractivity contribution in [2.24, 2.45) is 0 Å². The topological polar surface area (TPSA) is 88.8 Å². The Morgan fingerprint density at radius 1 is 1.17 bits per heavy atom. The van der Waals surface area contributed by atoms with Crippen molar-refractivity contribution in [1.82, 2.24) is 25.2 Å². The van der Waals surface area contributed by atoms with Gasteiger partial charge in [-0.2, -0.15) is 4.80 Å². The molecule has 8 heteroatoms. The second-order valence-corrected chi connectivity index (χ2v) is 7.43. The van der Waals surface area contributed by atoms with Gasteiger partial charge in [-0.3, -0.25) is 9.78 Å². The number of aromatic nitrogens is 5. The summed E-state index contributed by atoms with van der Waals surface area (Å²) in [6, 6.07) is 9.79. The third kappa shape index (κ3) is 4.07. The van der Waals surface area contributed by atoms with E-state index in [-0.39, 0.29) is 5.91 Å². The number of amides is 1. The first-order valence-electron chi connectivity index (χ1n) is 10.1. The lowest BCUT2D eigenvalue weighted by molar-refractivity contribution is 0.102. The van der Waals surface area contributed by atoms with Gasteiger partial charge in [0.2, 0.25) is 0 Å². The van der Waals surface area contributed by atoms with E-state index in [2.05, 4.69) is 37.5 Å². The summed E-state index contributed by atoms with van der Waals surface area (Å²) in [6.07, 6.45) is 4.23. The van der Waals surface area contributed by atoms with Crippen molar-refractivity contribution in [2.75, 3.05) is 23.3 Å². The van der Waals surface area contributed by atoms with Gasteiger partial charge in [0.15, 0.2) is 0 Å². The van der Waals surface area contributed by atoms with Gasteiger partial charge in [-0.15, -0.1) is 5.10 Å². The highest BCUT2D eigenvalue weighted by molar-refractivity contribution is 6.05. The first-order valence-corrected chi connectivity index (χ1v) is 10.1. The third-order valence-corrected chi connectivity index (χ3v) is 5.40. The van der Waals surface area contributed by atoms with Gasteiger partial charge in [0.05, 0.1) is 12.1 Å². The van der Waals surface area contributed by atoms with Crippen LogP contribution in [0, 0.1) is 6.92 Å². The molecule has 3 aromatic rings. The largest absolute Gasteiger partial charge is 0.334 e. The first kappa shape index (κ1) is 19.8. The maximum atomic E-state index is 12.5. The van der Waals surface area contributed by atoms with Gasteiger partial charge in [-0.1, -0.05) is 22.8 Å². The van der Waals surface area contributed by atoms with Crippen LogP contribution in [0.1, 0.15) is 41.8 Å². The van der Waals surface area contributed by atoms with Crippen molar-refractivity contribution < 1.29 is 4.79 Å². The number of anilines is 2. The second kappa shape index (κ2) is 8.44. The normalized spacial score (nSPS) is 14.2. The number of carbonyl (C=O) groups excluding carboxylic acids is 1. The summed E-state index contributed by atoms with van der Waals surface area (Å²) in [5.41, 5.74) is 5.99. The molecule has 0 atom stereocenters. The summed E-state index contributed by atoms with van der Waals surface area (Å²) in [4.78, 5) is 20.3. The van der Waals surface area contributed by atoms with Crippen LogP contribution in [0.2, 0.25) is 0 Å². The monoisotopic (exact) mass is 403 g/mol. The molecule has 4 rings (SSSR count). The molecule has 3 heterocycles. The second-order valence-electron chi connectivity index (χ2n) is 7.43. The molecule has 0 aliphatic carbocycles. The van der Waals surface area contributed by atoms with Crippen LogP contribution in [0.25, 0.3) is 5.57 Å². The van der Waals surface area contributed by atoms with E-state index in [4.69, 9.17) is 0 Å². The highest BCUT2D eigenvalue weighted by atomic mass is 16.1. The average Bonchev–Trinajstić information content (AvgIpc) is 3.24. The molecule has 0 spiro atoms. The number of nitrogens with one attached hydrogen (secondary N) is 1. The van der Waals surface area contributed by atoms with Gasteiger partial charge in [0.1, 0.15) is 0 Å². The Hall–Kier alpha value is -3.55. The van der Waals surface area contributed by atoms with Crippen LogP contribution < -0.4 is 10.2 Å². The van der Waals surface area contributed by atoms with Crippen LogP contribution in [0.5, 0.6) is 0 Å². The SMILES string of the molecule is CCn1nnc(N2CCC(C)=C(c3ccc(NC(=O)c4cnccc4C)cc3)C2)n1. The van der Waals surface area contributed by atoms with Crippen LogP contribution in [-0.4, -0.2) is 44.2 Å². The Balaban J connectivity index is 1.48. The van der Waals surface area contributed by atoms with Crippen LogP contribution >= 0.6 is 0 Å². The fourth-order valence-corrected chi connectivity index (χ4v) is 3.52. The number of nitrogens with zero attached hydrogens (tertiary/aromatic N) is 6. The number of pyridine rings is 1. The van der Waals surface area contributed by atoms with Crippen molar-refractivity contribution >= 4 is 23.1 Å². The number of aryl methyl sites for hydroxylation is 2. The van der Waals surface area contributed by atoms with E-state index in [1.165, 1.54) is 11.1 Å². The highest BCUT2D eigenvalue weighted by Crippen LogP contribution is 2.29. The Bertz CT molecular complexity index is 1080. The summed E-state index contributed by atoms with van der Waals surface area (Å²) in [5.74, 6) is 0.509. The molecule has 2 aromatic heterocycles. The summed E-state index contributed by atoms with van der Waals surface area (Å²) in [5, 5.41) is 15.6. The number of rotatable bonds is 5. The Labute approximate surface area is 175 Å². The molecule has 1 N–H and O–H groups in total. The zero-order valence-electron chi connectivity index (χ0n) is 17.5. The van der Waals surface area contributed by atoms with Crippen LogP contribution in [0.3, 0.4) is 0 Å². The maximum Gasteiger partial charge on any atom is 0.266 e. The molecule has 8 nitrogen and oxygen atoms in total. The molecule has 0 saturated heterocycles. The minimum absolute atomic E-state index is 0.155. The third-order valence-electron chi connectivity index (χ3n) is 5.40. The fourth-order valence-electron chi connectivity index (χ4n) is 3.52. The first-order chi connectivity index (χ1) is 14.5. The number of hydrogen-bond acceptors (Lipinski definition) is 6. The minimum atomic E-state index is -0.155. The molecule has 0 saturated carbocycles. The van der Waals surface area contributed by atoms with Crippen molar-refractivity contribution in [1.29, 1.82) is 0 Å². The van der Waals surface area contributed by atoms with Crippen LogP contribution in [0.15, 0.2) is 48.3 Å².